The lowest BCUT2D eigenvalue weighted by molar-refractivity contribution is -0.140. The third-order valence-electron chi connectivity index (χ3n) is 5.69. The lowest BCUT2D eigenvalue weighted by atomic mass is 9.93. The SMILES string of the molecule is CCOc1ccc(/C(O)=C2\C(=O)C(=O)N(CCCOC)C2c2ccccc2F)cc1C(C)C. The van der Waals surface area contributed by atoms with Crippen LogP contribution in [0.15, 0.2) is 48.0 Å². The van der Waals surface area contributed by atoms with Crippen LogP contribution in [-0.4, -0.2) is 48.6 Å². The van der Waals surface area contributed by atoms with Gasteiger partial charge in [-0.05, 0) is 49.1 Å². The van der Waals surface area contributed by atoms with E-state index in [1.807, 2.05) is 20.8 Å². The molecule has 0 saturated carbocycles. The number of carbonyl (C=O) groups excluding carboxylic acids is 2. The Bertz CT molecular complexity index is 1060. The maximum atomic E-state index is 14.8. The topological polar surface area (TPSA) is 76.1 Å². The van der Waals surface area contributed by atoms with Gasteiger partial charge in [0.15, 0.2) is 0 Å². The van der Waals surface area contributed by atoms with Crippen LogP contribution in [0.4, 0.5) is 4.39 Å². The summed E-state index contributed by atoms with van der Waals surface area (Å²) < 4.78 is 25.6. The molecule has 3 rings (SSSR count). The van der Waals surface area contributed by atoms with E-state index in [9.17, 15) is 19.1 Å². The van der Waals surface area contributed by atoms with Crippen LogP contribution in [-0.2, 0) is 14.3 Å². The minimum Gasteiger partial charge on any atom is -0.507 e. The van der Waals surface area contributed by atoms with Gasteiger partial charge in [0.05, 0.1) is 18.2 Å². The number of nitrogens with zero attached hydrogens (tertiary/aromatic N) is 1. The molecule has 1 amide bonds. The van der Waals surface area contributed by atoms with Crippen LogP contribution in [0.5, 0.6) is 5.75 Å². The molecule has 176 valence electrons. The lowest BCUT2D eigenvalue weighted by Crippen LogP contribution is -2.31. The smallest absolute Gasteiger partial charge is 0.295 e. The minimum atomic E-state index is -1.03. The predicted molar refractivity (Wildman–Crippen MR) is 124 cm³/mol. The first-order valence-electron chi connectivity index (χ1n) is 11.1. The minimum absolute atomic E-state index is 0.0955. The van der Waals surface area contributed by atoms with E-state index in [1.165, 1.54) is 23.1 Å². The molecule has 1 fully saturated rings. The van der Waals surface area contributed by atoms with Gasteiger partial charge < -0.3 is 19.5 Å². The molecule has 1 atom stereocenters. The molecule has 1 aliphatic heterocycles. The monoisotopic (exact) mass is 455 g/mol. The number of Topliss-reactive ketones (excluding diaryl/α,β-unsaturated/α-hetero) is 1. The second-order valence-electron chi connectivity index (χ2n) is 8.20. The van der Waals surface area contributed by atoms with E-state index in [1.54, 1.807) is 31.4 Å². The second kappa shape index (κ2) is 10.6. The summed E-state index contributed by atoms with van der Waals surface area (Å²) in [5.74, 6) is -1.70. The molecule has 1 N–H and O–H groups in total. The van der Waals surface area contributed by atoms with E-state index in [2.05, 4.69) is 0 Å². The molecule has 1 unspecified atom stereocenters. The maximum Gasteiger partial charge on any atom is 0.295 e. The highest BCUT2D eigenvalue weighted by molar-refractivity contribution is 6.46. The fourth-order valence-electron chi connectivity index (χ4n) is 4.10. The van der Waals surface area contributed by atoms with E-state index in [-0.39, 0.29) is 29.4 Å². The number of likely N-dealkylation sites (tertiary alicyclic amines) is 1. The molecule has 7 heteroatoms. The summed E-state index contributed by atoms with van der Waals surface area (Å²) >= 11 is 0. The number of carbonyl (C=O) groups is 2. The van der Waals surface area contributed by atoms with Crippen molar-refractivity contribution in [3.05, 3.63) is 70.5 Å². The molecule has 2 aromatic rings. The van der Waals surface area contributed by atoms with Crippen molar-refractivity contribution in [1.29, 1.82) is 0 Å². The molecule has 6 nitrogen and oxygen atoms in total. The predicted octanol–water partition coefficient (Wildman–Crippen LogP) is 4.81. The highest BCUT2D eigenvalue weighted by atomic mass is 19.1. The Kier molecular flexibility index (Phi) is 7.87. The van der Waals surface area contributed by atoms with E-state index < -0.39 is 23.5 Å². The molecule has 33 heavy (non-hydrogen) atoms. The highest BCUT2D eigenvalue weighted by Crippen LogP contribution is 2.41. The maximum absolute atomic E-state index is 14.8. The van der Waals surface area contributed by atoms with Crippen LogP contribution in [0.3, 0.4) is 0 Å². The number of halogens is 1. The molecule has 1 heterocycles. The standard InChI is InChI=1S/C26H30FNO5/c1-5-33-21-12-11-17(15-19(21)16(2)3)24(29)22-23(18-9-6-7-10-20(18)27)28(13-8-14-32-4)26(31)25(22)30/h6-7,9-12,15-16,23,29H,5,8,13-14H2,1-4H3/b24-22+. The summed E-state index contributed by atoms with van der Waals surface area (Å²) in [6.45, 7) is 6.94. The van der Waals surface area contributed by atoms with Gasteiger partial charge in [-0.2, -0.15) is 0 Å². The fraction of sp³-hybridized carbons (Fsp3) is 0.385. The third-order valence-corrected chi connectivity index (χ3v) is 5.69. The van der Waals surface area contributed by atoms with Gasteiger partial charge in [0.2, 0.25) is 0 Å². The summed E-state index contributed by atoms with van der Waals surface area (Å²) in [6, 6.07) is 10.1. The summed E-state index contributed by atoms with van der Waals surface area (Å²) in [7, 11) is 1.54. The Balaban J connectivity index is 2.17. The zero-order valence-corrected chi connectivity index (χ0v) is 19.4. The van der Waals surface area contributed by atoms with Crippen molar-refractivity contribution in [2.75, 3.05) is 26.9 Å². The van der Waals surface area contributed by atoms with E-state index in [0.29, 0.717) is 30.9 Å². The molecule has 0 spiro atoms. The summed E-state index contributed by atoms with van der Waals surface area (Å²) in [5, 5.41) is 11.2. The molecular formula is C26H30FNO5. The second-order valence-corrected chi connectivity index (χ2v) is 8.20. The van der Waals surface area contributed by atoms with Crippen LogP contribution in [0, 0.1) is 5.82 Å². The zero-order valence-electron chi connectivity index (χ0n) is 19.4. The van der Waals surface area contributed by atoms with Crippen molar-refractivity contribution in [3.63, 3.8) is 0 Å². The molecule has 0 bridgehead atoms. The lowest BCUT2D eigenvalue weighted by Gasteiger charge is -2.25. The number of ether oxygens (including phenoxy) is 2. The van der Waals surface area contributed by atoms with Crippen LogP contribution >= 0.6 is 0 Å². The van der Waals surface area contributed by atoms with Crippen molar-refractivity contribution in [2.45, 2.75) is 39.2 Å². The number of ketones is 1. The first-order chi connectivity index (χ1) is 15.8. The Hall–Kier alpha value is -3.19. The van der Waals surface area contributed by atoms with Crippen molar-refractivity contribution in [2.24, 2.45) is 0 Å². The molecule has 0 aromatic heterocycles. The largest absolute Gasteiger partial charge is 0.507 e. The number of rotatable bonds is 9. The summed E-state index contributed by atoms with van der Waals surface area (Å²) in [4.78, 5) is 27.3. The number of aliphatic hydroxyl groups is 1. The van der Waals surface area contributed by atoms with Crippen LogP contribution in [0.2, 0.25) is 0 Å². The molecule has 0 radical (unpaired) electrons. The number of amides is 1. The molecule has 1 aliphatic rings. The van der Waals surface area contributed by atoms with Crippen molar-refractivity contribution in [3.8, 4) is 5.75 Å². The molecular weight excluding hydrogens is 425 g/mol. The van der Waals surface area contributed by atoms with Gasteiger partial charge in [0.1, 0.15) is 17.3 Å². The Morgan fingerprint density at radius 3 is 2.55 bits per heavy atom. The number of aliphatic hydroxyl groups excluding tert-OH is 1. The zero-order chi connectivity index (χ0) is 24.1. The third kappa shape index (κ3) is 4.93. The van der Waals surface area contributed by atoms with Crippen molar-refractivity contribution in [1.82, 2.24) is 4.90 Å². The number of hydrogen-bond donors (Lipinski definition) is 1. The van der Waals surface area contributed by atoms with Gasteiger partial charge in [0.25, 0.3) is 11.7 Å². The average Bonchev–Trinajstić information content (AvgIpc) is 3.04. The average molecular weight is 456 g/mol. The van der Waals surface area contributed by atoms with E-state index >= 15 is 0 Å². The first-order valence-corrected chi connectivity index (χ1v) is 11.1. The first kappa shape index (κ1) is 24.5. The number of methoxy groups -OCH3 is 1. The van der Waals surface area contributed by atoms with Crippen LogP contribution in [0.1, 0.15) is 55.8 Å². The number of hydrogen-bond acceptors (Lipinski definition) is 5. The molecule has 1 saturated heterocycles. The fourth-order valence-corrected chi connectivity index (χ4v) is 4.10. The Labute approximate surface area is 193 Å². The van der Waals surface area contributed by atoms with Gasteiger partial charge in [-0.15, -0.1) is 0 Å². The summed E-state index contributed by atoms with van der Waals surface area (Å²) in [6.07, 6.45) is 0.467. The van der Waals surface area contributed by atoms with E-state index in [4.69, 9.17) is 9.47 Å². The van der Waals surface area contributed by atoms with Gasteiger partial charge in [-0.1, -0.05) is 32.0 Å². The van der Waals surface area contributed by atoms with Crippen molar-refractivity contribution < 1.29 is 28.6 Å². The van der Waals surface area contributed by atoms with Crippen LogP contribution in [0.25, 0.3) is 5.76 Å². The summed E-state index contributed by atoms with van der Waals surface area (Å²) in [5.41, 5.74) is 1.27. The molecule has 2 aromatic carbocycles. The Morgan fingerprint density at radius 2 is 1.91 bits per heavy atom. The van der Waals surface area contributed by atoms with Crippen molar-refractivity contribution >= 4 is 17.4 Å². The Morgan fingerprint density at radius 1 is 1.18 bits per heavy atom. The number of benzene rings is 2. The van der Waals surface area contributed by atoms with Gasteiger partial charge >= 0.3 is 0 Å². The van der Waals surface area contributed by atoms with Gasteiger partial charge in [-0.25, -0.2) is 4.39 Å². The van der Waals surface area contributed by atoms with Crippen LogP contribution < -0.4 is 4.74 Å². The van der Waals surface area contributed by atoms with Gasteiger partial charge in [-0.3, -0.25) is 9.59 Å². The van der Waals surface area contributed by atoms with Gasteiger partial charge in [0, 0.05) is 31.4 Å². The highest BCUT2D eigenvalue weighted by Gasteiger charge is 2.46. The normalized spacial score (nSPS) is 17.8. The van der Waals surface area contributed by atoms with E-state index in [0.717, 1.165) is 5.56 Å². The quantitative estimate of drug-likeness (QED) is 0.254. The molecule has 0 aliphatic carbocycles.